The van der Waals surface area contributed by atoms with E-state index in [1.54, 1.807) is 0 Å². The van der Waals surface area contributed by atoms with Crippen LogP contribution in [0.3, 0.4) is 0 Å². The molecule has 4 unspecified atom stereocenters. The van der Waals surface area contributed by atoms with E-state index in [2.05, 4.69) is 172 Å². The first kappa shape index (κ1) is 34.0. The lowest BCUT2D eigenvalue weighted by Crippen LogP contribution is -2.64. The highest BCUT2D eigenvalue weighted by atomic mass is 16.5. The van der Waals surface area contributed by atoms with Gasteiger partial charge in [-0.05, 0) is 167 Å². The third-order valence-electron chi connectivity index (χ3n) is 16.4. The Kier molecular flexibility index (Phi) is 7.01. The molecule has 3 bridgehead atoms. The molecule has 6 aliphatic rings. The number of para-hydroxylation sites is 1. The van der Waals surface area contributed by atoms with Gasteiger partial charge >= 0.3 is 0 Å². The standard InChI is InChI=1S/C55H53NO/c1-52(2)25-26-53(3,4)46-31-40(19-23-44(46)52)39-13-10-14-42(30-39)56(41-20-17-38(18-21-41)37-11-6-5-7-12-37)43-22-24-49-47(32-43)55(45-15-8-9-16-48(45)57-49)50-28-35-27-36-29-51(55)54(50,33-35)34-36/h5-24,30-32,35-36,50-51H,25-29,33-34H2,1-4H3. The summed E-state index contributed by atoms with van der Waals surface area (Å²) in [5.41, 5.74) is 15.3. The van der Waals surface area contributed by atoms with Crippen LogP contribution in [-0.4, -0.2) is 0 Å². The molecule has 6 aromatic rings. The van der Waals surface area contributed by atoms with Crippen molar-refractivity contribution in [2.24, 2.45) is 29.1 Å². The van der Waals surface area contributed by atoms with E-state index in [0.29, 0.717) is 17.3 Å². The molecule has 0 amide bonds. The van der Waals surface area contributed by atoms with E-state index >= 15 is 0 Å². The number of ether oxygens (including phenoxy) is 1. The molecule has 1 aliphatic heterocycles. The summed E-state index contributed by atoms with van der Waals surface area (Å²) in [6.45, 7) is 9.69. The van der Waals surface area contributed by atoms with Crippen molar-refractivity contribution in [3.05, 3.63) is 162 Å². The molecule has 0 saturated heterocycles. The summed E-state index contributed by atoms with van der Waals surface area (Å²) in [5.74, 6) is 5.30. The van der Waals surface area contributed by atoms with E-state index < -0.39 is 0 Å². The number of hydrogen-bond acceptors (Lipinski definition) is 2. The Bertz CT molecular complexity index is 2550. The monoisotopic (exact) mass is 743 g/mol. The maximum atomic E-state index is 6.89. The third-order valence-corrected chi connectivity index (χ3v) is 16.4. The van der Waals surface area contributed by atoms with Gasteiger partial charge in [0.2, 0.25) is 0 Å². The zero-order chi connectivity index (χ0) is 38.3. The van der Waals surface area contributed by atoms with E-state index in [-0.39, 0.29) is 16.2 Å². The van der Waals surface area contributed by atoms with Gasteiger partial charge in [-0.3, -0.25) is 0 Å². The van der Waals surface area contributed by atoms with Gasteiger partial charge in [-0.15, -0.1) is 0 Å². The van der Waals surface area contributed by atoms with Crippen molar-refractivity contribution in [1.29, 1.82) is 0 Å². The van der Waals surface area contributed by atoms with Crippen molar-refractivity contribution >= 4 is 17.1 Å². The number of rotatable bonds is 5. The molecule has 2 heteroatoms. The van der Waals surface area contributed by atoms with Crippen LogP contribution in [0.1, 0.15) is 94.9 Å². The number of nitrogens with zero attached hydrogens (tertiary/aromatic N) is 1. The van der Waals surface area contributed by atoms with Crippen LogP contribution in [0.5, 0.6) is 11.5 Å². The summed E-state index contributed by atoms with van der Waals surface area (Å²) in [5, 5.41) is 0. The first-order chi connectivity index (χ1) is 27.6. The molecule has 5 aliphatic carbocycles. The first-order valence-corrected chi connectivity index (χ1v) is 21.8. The number of anilines is 3. The predicted octanol–water partition coefficient (Wildman–Crippen LogP) is 14.7. The maximum absolute atomic E-state index is 6.89. The normalized spacial score (nSPS) is 28.8. The zero-order valence-corrected chi connectivity index (χ0v) is 33.9. The van der Waals surface area contributed by atoms with E-state index in [0.717, 1.165) is 29.0 Å². The predicted molar refractivity (Wildman–Crippen MR) is 234 cm³/mol. The molecule has 2 spiro atoms. The molecular formula is C55H53NO. The SMILES string of the molecule is CC1(C)CCC(C)(C)c2cc(-c3cccc(N(c4ccc(-c5ccccc5)cc4)c4ccc5c(c4)C4(c6ccccc6O5)C5CC6CC7CC4C5(C6)C7)c3)ccc21. The second-order valence-corrected chi connectivity index (χ2v) is 20.2. The smallest absolute Gasteiger partial charge is 0.131 e. The topological polar surface area (TPSA) is 12.5 Å². The average Bonchev–Trinajstić information content (AvgIpc) is 3.63. The fourth-order valence-corrected chi connectivity index (χ4v) is 14.0. The molecule has 0 radical (unpaired) electrons. The first-order valence-electron chi connectivity index (χ1n) is 21.8. The highest BCUT2D eigenvalue weighted by molar-refractivity contribution is 5.83. The van der Waals surface area contributed by atoms with Crippen LogP contribution >= 0.6 is 0 Å². The van der Waals surface area contributed by atoms with Gasteiger partial charge in [0.1, 0.15) is 11.5 Å². The lowest BCUT2D eigenvalue weighted by molar-refractivity contribution is -0.0882. The van der Waals surface area contributed by atoms with E-state index in [4.69, 9.17) is 4.74 Å². The van der Waals surface area contributed by atoms with Crippen molar-refractivity contribution in [3.63, 3.8) is 0 Å². The molecule has 2 nitrogen and oxygen atoms in total. The molecule has 1 heterocycles. The zero-order valence-electron chi connectivity index (χ0n) is 33.9. The fourth-order valence-electron chi connectivity index (χ4n) is 14.0. The van der Waals surface area contributed by atoms with Gasteiger partial charge in [0.15, 0.2) is 0 Å². The molecule has 284 valence electrons. The molecule has 4 fully saturated rings. The minimum Gasteiger partial charge on any atom is -0.457 e. The lowest BCUT2D eigenvalue weighted by atomic mass is 9.37. The minimum absolute atomic E-state index is 0.0124. The van der Waals surface area contributed by atoms with E-state index in [1.807, 2.05) is 0 Å². The van der Waals surface area contributed by atoms with Crippen LogP contribution in [0.15, 0.2) is 140 Å². The Hall–Kier alpha value is -5.08. The maximum Gasteiger partial charge on any atom is 0.131 e. The van der Waals surface area contributed by atoms with Gasteiger partial charge < -0.3 is 9.64 Å². The van der Waals surface area contributed by atoms with Gasteiger partial charge in [-0.25, -0.2) is 0 Å². The molecule has 6 aromatic carbocycles. The summed E-state index contributed by atoms with van der Waals surface area (Å²) < 4.78 is 6.89. The van der Waals surface area contributed by atoms with Crippen LogP contribution in [0, 0.1) is 29.1 Å². The quantitative estimate of drug-likeness (QED) is 0.174. The molecule has 12 rings (SSSR count). The number of fused-ring (bicyclic) bond motifs is 9. The van der Waals surface area contributed by atoms with Gasteiger partial charge in [0.05, 0.1) is 0 Å². The van der Waals surface area contributed by atoms with Crippen LogP contribution in [0.4, 0.5) is 17.1 Å². The Morgan fingerprint density at radius 2 is 1.05 bits per heavy atom. The van der Waals surface area contributed by atoms with Crippen molar-refractivity contribution in [3.8, 4) is 33.8 Å². The highest BCUT2D eigenvalue weighted by Gasteiger charge is 2.79. The Labute approximate surface area is 338 Å². The van der Waals surface area contributed by atoms with Crippen LogP contribution < -0.4 is 9.64 Å². The highest BCUT2D eigenvalue weighted by Crippen LogP contribution is 2.85. The van der Waals surface area contributed by atoms with Crippen molar-refractivity contribution in [1.82, 2.24) is 0 Å². The Morgan fingerprint density at radius 1 is 0.456 bits per heavy atom. The van der Waals surface area contributed by atoms with Crippen molar-refractivity contribution in [2.45, 2.75) is 88.9 Å². The third kappa shape index (κ3) is 4.71. The number of benzene rings is 6. The molecule has 4 atom stereocenters. The summed E-state index contributed by atoms with van der Waals surface area (Å²) in [7, 11) is 0. The Morgan fingerprint density at radius 3 is 1.82 bits per heavy atom. The molecular weight excluding hydrogens is 691 g/mol. The average molecular weight is 744 g/mol. The second kappa shape index (κ2) is 11.8. The largest absolute Gasteiger partial charge is 0.457 e. The molecule has 57 heavy (non-hydrogen) atoms. The summed E-state index contributed by atoms with van der Waals surface area (Å²) >= 11 is 0. The summed E-state index contributed by atoms with van der Waals surface area (Å²) in [6.07, 6.45) is 9.52. The van der Waals surface area contributed by atoms with Crippen molar-refractivity contribution in [2.75, 3.05) is 4.90 Å². The lowest BCUT2D eigenvalue weighted by Gasteiger charge is -2.66. The van der Waals surface area contributed by atoms with Crippen molar-refractivity contribution < 1.29 is 4.74 Å². The van der Waals surface area contributed by atoms with Crippen LogP contribution in [0.2, 0.25) is 0 Å². The summed E-state index contributed by atoms with van der Waals surface area (Å²) in [6, 6.07) is 52.8. The van der Waals surface area contributed by atoms with Gasteiger partial charge in [0.25, 0.3) is 0 Å². The molecule has 0 aromatic heterocycles. The van der Waals surface area contributed by atoms with Gasteiger partial charge in [0, 0.05) is 33.6 Å². The van der Waals surface area contributed by atoms with Gasteiger partial charge in [-0.2, -0.15) is 0 Å². The van der Waals surface area contributed by atoms with E-state index in [1.165, 1.54) is 101 Å². The fraction of sp³-hybridized carbons (Fsp3) is 0.345. The molecule has 4 saturated carbocycles. The second-order valence-electron chi connectivity index (χ2n) is 20.2. The molecule has 0 N–H and O–H groups in total. The number of hydrogen-bond donors (Lipinski definition) is 0. The summed E-state index contributed by atoms with van der Waals surface area (Å²) in [4.78, 5) is 2.50. The van der Waals surface area contributed by atoms with Gasteiger partial charge in [-0.1, -0.05) is 119 Å². The van der Waals surface area contributed by atoms with Crippen LogP contribution in [0.25, 0.3) is 22.3 Å². The minimum atomic E-state index is 0.0124. The van der Waals surface area contributed by atoms with E-state index in [9.17, 15) is 0 Å². The Balaban J connectivity index is 1.02. The van der Waals surface area contributed by atoms with Crippen LogP contribution in [-0.2, 0) is 16.2 Å².